The van der Waals surface area contributed by atoms with Crippen LogP contribution in [-0.2, 0) is 0 Å². The van der Waals surface area contributed by atoms with Crippen LogP contribution < -0.4 is 4.74 Å². The Morgan fingerprint density at radius 1 is 1.29 bits per heavy atom. The molecule has 2 heterocycles. The van der Waals surface area contributed by atoms with Gasteiger partial charge in [-0.25, -0.2) is 14.8 Å². The first kappa shape index (κ1) is 11.7. The second kappa shape index (κ2) is 5.04. The minimum absolute atomic E-state index is 0.0159. The van der Waals surface area contributed by atoms with Crippen LogP contribution >= 0.6 is 22.6 Å². The highest BCUT2D eigenvalue weighted by Crippen LogP contribution is 2.21. The molecule has 0 aliphatic heterocycles. The average molecular weight is 343 g/mol. The van der Waals surface area contributed by atoms with E-state index in [0.717, 1.165) is 3.57 Å². The Kier molecular flexibility index (Phi) is 3.47. The van der Waals surface area contributed by atoms with E-state index in [1.54, 1.807) is 12.4 Å². The average Bonchev–Trinajstić information content (AvgIpc) is 2.32. The first-order valence-corrected chi connectivity index (χ1v) is 5.57. The van der Waals surface area contributed by atoms with Gasteiger partial charge in [-0.05, 0) is 28.7 Å². The molecule has 0 bridgehead atoms. The van der Waals surface area contributed by atoms with E-state index in [0.29, 0.717) is 0 Å². The molecule has 86 valence electrons. The molecule has 0 saturated heterocycles. The molecule has 0 fully saturated rings. The Bertz CT molecular complexity index is 545. The fourth-order valence-electron chi connectivity index (χ4n) is 1.09. The molecule has 0 unspecified atom stereocenters. The number of nitrogens with zero attached hydrogens (tertiary/aromatic N) is 3. The summed E-state index contributed by atoms with van der Waals surface area (Å²) in [6.07, 6.45) is 5.83. The maximum Gasteiger partial charge on any atom is 0.339 e. The fraction of sp³-hybridized carbons (Fsp3) is 0. The summed E-state index contributed by atoms with van der Waals surface area (Å²) in [7, 11) is 0. The van der Waals surface area contributed by atoms with E-state index < -0.39 is 5.97 Å². The quantitative estimate of drug-likeness (QED) is 0.858. The molecule has 2 aromatic heterocycles. The van der Waals surface area contributed by atoms with Crippen LogP contribution in [0, 0.1) is 3.57 Å². The Morgan fingerprint density at radius 2 is 2.00 bits per heavy atom. The highest BCUT2D eigenvalue weighted by molar-refractivity contribution is 14.1. The van der Waals surface area contributed by atoms with Crippen LogP contribution in [0.3, 0.4) is 0 Å². The number of hydrogen-bond donors (Lipinski definition) is 1. The zero-order valence-electron chi connectivity index (χ0n) is 8.37. The van der Waals surface area contributed by atoms with E-state index in [1.165, 1.54) is 18.5 Å². The largest absolute Gasteiger partial charge is 0.478 e. The number of halogens is 1. The molecule has 0 amide bonds. The van der Waals surface area contributed by atoms with Crippen molar-refractivity contribution in [1.29, 1.82) is 0 Å². The maximum absolute atomic E-state index is 10.9. The third kappa shape index (κ3) is 2.87. The van der Waals surface area contributed by atoms with Crippen molar-refractivity contribution < 1.29 is 14.6 Å². The standard InChI is InChI=1S/C10H6IN3O3/c11-6-3-13-10(14-4-6)17-8-5-12-2-1-7(8)9(15)16/h1-5H,(H,15,16). The van der Waals surface area contributed by atoms with Gasteiger partial charge in [-0.1, -0.05) is 0 Å². The fourth-order valence-corrected chi connectivity index (χ4v) is 1.37. The predicted octanol–water partition coefficient (Wildman–Crippen LogP) is 1.97. The highest BCUT2D eigenvalue weighted by atomic mass is 127. The molecule has 0 saturated carbocycles. The molecule has 0 atom stereocenters. The van der Waals surface area contributed by atoms with Gasteiger partial charge in [0.2, 0.25) is 0 Å². The lowest BCUT2D eigenvalue weighted by Crippen LogP contribution is -2.01. The monoisotopic (exact) mass is 343 g/mol. The number of pyridine rings is 1. The molecular weight excluding hydrogens is 337 g/mol. The third-order valence-corrected chi connectivity index (χ3v) is 2.37. The summed E-state index contributed by atoms with van der Waals surface area (Å²) in [5, 5.41) is 8.94. The lowest BCUT2D eigenvalue weighted by Gasteiger charge is -2.05. The number of hydrogen-bond acceptors (Lipinski definition) is 5. The third-order valence-electron chi connectivity index (χ3n) is 1.81. The topological polar surface area (TPSA) is 85.2 Å². The van der Waals surface area contributed by atoms with Gasteiger partial charge in [0.25, 0.3) is 0 Å². The smallest absolute Gasteiger partial charge is 0.339 e. The van der Waals surface area contributed by atoms with E-state index in [1.807, 2.05) is 0 Å². The van der Waals surface area contributed by atoms with Crippen LogP contribution in [0.2, 0.25) is 0 Å². The van der Waals surface area contributed by atoms with E-state index in [4.69, 9.17) is 9.84 Å². The lowest BCUT2D eigenvalue weighted by molar-refractivity contribution is 0.0694. The minimum Gasteiger partial charge on any atom is -0.478 e. The molecule has 7 heteroatoms. The Balaban J connectivity index is 2.30. The number of aromatic nitrogens is 3. The predicted molar refractivity (Wildman–Crippen MR) is 66.0 cm³/mol. The SMILES string of the molecule is O=C(O)c1ccncc1Oc1ncc(I)cn1. The van der Waals surface area contributed by atoms with E-state index in [9.17, 15) is 4.79 Å². The van der Waals surface area contributed by atoms with Gasteiger partial charge in [0.15, 0.2) is 5.75 Å². The van der Waals surface area contributed by atoms with Crippen LogP contribution in [0.4, 0.5) is 0 Å². The number of aromatic carboxylic acids is 1. The highest BCUT2D eigenvalue weighted by Gasteiger charge is 2.12. The molecule has 0 aliphatic carbocycles. The molecule has 17 heavy (non-hydrogen) atoms. The second-order valence-corrected chi connectivity index (χ2v) is 4.21. The van der Waals surface area contributed by atoms with Crippen LogP contribution in [0.25, 0.3) is 0 Å². The first-order valence-electron chi connectivity index (χ1n) is 4.49. The lowest BCUT2D eigenvalue weighted by atomic mass is 10.2. The molecular formula is C10H6IN3O3. The van der Waals surface area contributed by atoms with Crippen LogP contribution in [0.1, 0.15) is 10.4 Å². The van der Waals surface area contributed by atoms with Crippen molar-refractivity contribution in [2.24, 2.45) is 0 Å². The molecule has 2 aromatic rings. The summed E-state index contributed by atoms with van der Waals surface area (Å²) >= 11 is 2.06. The van der Waals surface area contributed by atoms with Crippen LogP contribution in [0.5, 0.6) is 11.8 Å². The summed E-state index contributed by atoms with van der Waals surface area (Å²) in [6.45, 7) is 0. The Labute approximate surface area is 110 Å². The molecule has 0 aliphatic rings. The molecule has 0 aromatic carbocycles. The summed E-state index contributed by atoms with van der Waals surface area (Å²) in [6, 6.07) is 1.44. The van der Waals surface area contributed by atoms with Crippen molar-refractivity contribution in [3.63, 3.8) is 0 Å². The van der Waals surface area contributed by atoms with Crippen LogP contribution in [0.15, 0.2) is 30.9 Å². The summed E-state index contributed by atoms with van der Waals surface area (Å²) < 4.78 is 6.12. The summed E-state index contributed by atoms with van der Waals surface area (Å²) in [4.78, 5) is 22.5. The van der Waals surface area contributed by atoms with Crippen molar-refractivity contribution in [1.82, 2.24) is 15.0 Å². The number of ether oxygens (including phenoxy) is 1. The van der Waals surface area contributed by atoms with E-state index >= 15 is 0 Å². The number of carbonyl (C=O) groups is 1. The van der Waals surface area contributed by atoms with Gasteiger partial charge in [0.1, 0.15) is 5.56 Å². The maximum atomic E-state index is 10.9. The molecule has 0 radical (unpaired) electrons. The minimum atomic E-state index is -1.09. The van der Waals surface area contributed by atoms with Gasteiger partial charge >= 0.3 is 12.0 Å². The van der Waals surface area contributed by atoms with Crippen LogP contribution in [-0.4, -0.2) is 26.0 Å². The van der Waals surface area contributed by atoms with Gasteiger partial charge in [0, 0.05) is 22.2 Å². The molecule has 2 rings (SSSR count). The number of rotatable bonds is 3. The van der Waals surface area contributed by atoms with Crippen molar-refractivity contribution in [2.45, 2.75) is 0 Å². The van der Waals surface area contributed by atoms with Gasteiger partial charge in [-0.3, -0.25) is 4.98 Å². The molecule has 1 N–H and O–H groups in total. The summed E-state index contributed by atoms with van der Waals surface area (Å²) in [5.41, 5.74) is 0.0159. The number of carboxylic acids is 1. The molecule has 6 nitrogen and oxygen atoms in total. The van der Waals surface area contributed by atoms with Crippen molar-refractivity contribution in [3.8, 4) is 11.8 Å². The zero-order valence-corrected chi connectivity index (χ0v) is 10.5. The summed E-state index contributed by atoms with van der Waals surface area (Å²) in [5.74, 6) is -0.978. The Morgan fingerprint density at radius 3 is 2.65 bits per heavy atom. The van der Waals surface area contributed by atoms with Gasteiger partial charge in [-0.2, -0.15) is 0 Å². The van der Waals surface area contributed by atoms with Gasteiger partial charge < -0.3 is 9.84 Å². The first-order chi connectivity index (χ1) is 8.16. The van der Waals surface area contributed by atoms with Crippen molar-refractivity contribution in [3.05, 3.63) is 40.0 Å². The van der Waals surface area contributed by atoms with Crippen molar-refractivity contribution >= 4 is 28.6 Å². The van der Waals surface area contributed by atoms with E-state index in [2.05, 4.69) is 37.5 Å². The Hall–Kier alpha value is -1.77. The van der Waals surface area contributed by atoms with Gasteiger partial charge in [0.05, 0.1) is 6.20 Å². The number of carboxylic acid groups (broad SMARTS) is 1. The van der Waals surface area contributed by atoms with Gasteiger partial charge in [-0.15, -0.1) is 0 Å². The van der Waals surface area contributed by atoms with Crippen molar-refractivity contribution in [2.75, 3.05) is 0 Å². The normalized spacial score (nSPS) is 9.94. The zero-order chi connectivity index (χ0) is 12.3. The molecule has 0 spiro atoms. The van der Waals surface area contributed by atoms with E-state index in [-0.39, 0.29) is 17.3 Å². The second-order valence-electron chi connectivity index (χ2n) is 2.96.